The lowest BCUT2D eigenvalue weighted by Gasteiger charge is -2.26. The van der Waals surface area contributed by atoms with Crippen LogP contribution in [0.15, 0.2) is 24.3 Å². The minimum Gasteiger partial charge on any atom is -0.335 e. The van der Waals surface area contributed by atoms with Gasteiger partial charge in [0.2, 0.25) is 0 Å². The van der Waals surface area contributed by atoms with Crippen LogP contribution in [-0.2, 0) is 9.84 Å². The van der Waals surface area contributed by atoms with Gasteiger partial charge in [-0.15, -0.1) is 0 Å². The highest BCUT2D eigenvalue weighted by atomic mass is 32.2. The molecule has 1 aliphatic heterocycles. The van der Waals surface area contributed by atoms with Crippen molar-refractivity contribution in [3.05, 3.63) is 35.6 Å². The van der Waals surface area contributed by atoms with Crippen molar-refractivity contribution in [3.63, 3.8) is 0 Å². The number of sulfone groups is 1. The van der Waals surface area contributed by atoms with Crippen molar-refractivity contribution in [2.75, 3.05) is 18.1 Å². The standard InChI is InChI=1S/C13H16FNO3S/c1-2-15(12-7-8-19(17,18)9-12)13(16)10-3-5-11(14)6-4-10/h3-6,12H,2,7-9H2,1H3/t12-/m0/s1. The van der Waals surface area contributed by atoms with E-state index in [1.807, 2.05) is 6.92 Å². The maximum Gasteiger partial charge on any atom is 0.254 e. The first kappa shape index (κ1) is 14.0. The summed E-state index contributed by atoms with van der Waals surface area (Å²) in [6.07, 6.45) is 0.475. The van der Waals surface area contributed by atoms with Crippen LogP contribution in [0.3, 0.4) is 0 Å². The van der Waals surface area contributed by atoms with Crippen molar-refractivity contribution in [1.29, 1.82) is 0 Å². The highest BCUT2D eigenvalue weighted by molar-refractivity contribution is 7.91. The molecule has 0 unspecified atom stereocenters. The molecule has 0 bridgehead atoms. The molecule has 1 atom stereocenters. The normalized spacial score (nSPS) is 21.3. The van der Waals surface area contributed by atoms with E-state index in [9.17, 15) is 17.6 Å². The van der Waals surface area contributed by atoms with Gasteiger partial charge in [-0.3, -0.25) is 4.79 Å². The van der Waals surface area contributed by atoms with Crippen LogP contribution in [0.25, 0.3) is 0 Å². The Morgan fingerprint density at radius 3 is 2.47 bits per heavy atom. The minimum absolute atomic E-state index is 0.0216. The number of carbonyl (C=O) groups excluding carboxylic acids is 1. The Balaban J connectivity index is 2.18. The summed E-state index contributed by atoms with van der Waals surface area (Å²) in [6, 6.07) is 5.03. The van der Waals surface area contributed by atoms with Gasteiger partial charge < -0.3 is 4.90 Å². The molecule has 0 aromatic heterocycles. The Kier molecular flexibility index (Phi) is 3.89. The van der Waals surface area contributed by atoms with Gasteiger partial charge in [0.15, 0.2) is 9.84 Å². The van der Waals surface area contributed by atoms with Crippen LogP contribution >= 0.6 is 0 Å². The van der Waals surface area contributed by atoms with Crippen LogP contribution in [0.2, 0.25) is 0 Å². The van der Waals surface area contributed by atoms with Gasteiger partial charge in [0, 0.05) is 18.2 Å². The van der Waals surface area contributed by atoms with Crippen LogP contribution in [0.1, 0.15) is 23.7 Å². The van der Waals surface area contributed by atoms with Crippen molar-refractivity contribution in [3.8, 4) is 0 Å². The molecule has 1 aliphatic rings. The first-order valence-electron chi connectivity index (χ1n) is 6.20. The molecule has 0 aliphatic carbocycles. The van der Waals surface area contributed by atoms with Crippen molar-refractivity contribution >= 4 is 15.7 Å². The fraction of sp³-hybridized carbons (Fsp3) is 0.462. The number of hydrogen-bond acceptors (Lipinski definition) is 3. The maximum absolute atomic E-state index is 12.8. The molecule has 4 nitrogen and oxygen atoms in total. The zero-order chi connectivity index (χ0) is 14.0. The van der Waals surface area contributed by atoms with Crippen LogP contribution in [0.4, 0.5) is 4.39 Å². The average Bonchev–Trinajstić information content (AvgIpc) is 2.71. The zero-order valence-corrected chi connectivity index (χ0v) is 11.5. The average molecular weight is 285 g/mol. The molecule has 2 rings (SSSR count). The van der Waals surface area contributed by atoms with Crippen LogP contribution in [-0.4, -0.2) is 43.3 Å². The Morgan fingerprint density at radius 1 is 1.37 bits per heavy atom. The SMILES string of the molecule is CCN(C(=O)c1ccc(F)cc1)[C@H]1CCS(=O)(=O)C1. The third kappa shape index (κ3) is 3.12. The number of benzene rings is 1. The lowest BCUT2D eigenvalue weighted by atomic mass is 10.1. The van der Waals surface area contributed by atoms with Crippen molar-refractivity contribution in [2.24, 2.45) is 0 Å². The van der Waals surface area contributed by atoms with E-state index in [2.05, 4.69) is 0 Å². The second-order valence-electron chi connectivity index (χ2n) is 4.65. The Bertz CT molecular complexity index is 568. The molecule has 0 saturated carbocycles. The molecule has 0 spiro atoms. The van der Waals surface area contributed by atoms with Gasteiger partial charge in [-0.2, -0.15) is 0 Å². The van der Waals surface area contributed by atoms with Gasteiger partial charge in [-0.1, -0.05) is 0 Å². The highest BCUT2D eigenvalue weighted by Gasteiger charge is 2.34. The Hall–Kier alpha value is -1.43. The molecular weight excluding hydrogens is 269 g/mol. The van der Waals surface area contributed by atoms with Gasteiger partial charge >= 0.3 is 0 Å². The third-order valence-corrected chi connectivity index (χ3v) is 5.09. The first-order chi connectivity index (χ1) is 8.93. The lowest BCUT2D eigenvalue weighted by molar-refractivity contribution is 0.0708. The second kappa shape index (κ2) is 5.28. The van der Waals surface area contributed by atoms with Gasteiger partial charge in [0.05, 0.1) is 11.5 Å². The first-order valence-corrected chi connectivity index (χ1v) is 8.02. The number of amides is 1. The molecule has 0 radical (unpaired) electrons. The number of nitrogens with zero attached hydrogens (tertiary/aromatic N) is 1. The van der Waals surface area contributed by atoms with E-state index < -0.39 is 15.7 Å². The van der Waals surface area contributed by atoms with E-state index in [1.165, 1.54) is 24.3 Å². The van der Waals surface area contributed by atoms with E-state index in [0.29, 0.717) is 18.5 Å². The quantitative estimate of drug-likeness (QED) is 0.845. The van der Waals surface area contributed by atoms with E-state index in [1.54, 1.807) is 4.90 Å². The van der Waals surface area contributed by atoms with Gasteiger partial charge in [-0.25, -0.2) is 12.8 Å². The van der Waals surface area contributed by atoms with Crippen LogP contribution in [0, 0.1) is 5.82 Å². The summed E-state index contributed by atoms with van der Waals surface area (Å²) in [5.74, 6) is -0.494. The molecule has 1 heterocycles. The van der Waals surface area contributed by atoms with Crippen molar-refractivity contribution < 1.29 is 17.6 Å². The van der Waals surface area contributed by atoms with E-state index in [0.717, 1.165) is 0 Å². The summed E-state index contributed by atoms with van der Waals surface area (Å²) in [5, 5.41) is 0. The lowest BCUT2D eigenvalue weighted by Crippen LogP contribution is -2.40. The molecule has 1 aromatic carbocycles. The van der Waals surface area contributed by atoms with Crippen molar-refractivity contribution in [2.45, 2.75) is 19.4 Å². The number of hydrogen-bond donors (Lipinski definition) is 0. The van der Waals surface area contributed by atoms with E-state index in [4.69, 9.17) is 0 Å². The topological polar surface area (TPSA) is 54.5 Å². The molecule has 1 aromatic rings. The highest BCUT2D eigenvalue weighted by Crippen LogP contribution is 2.20. The summed E-state index contributed by atoms with van der Waals surface area (Å²) < 4.78 is 35.8. The Labute approximate surface area is 112 Å². The maximum atomic E-state index is 12.8. The summed E-state index contributed by atoms with van der Waals surface area (Å²) in [5.41, 5.74) is 0.382. The Morgan fingerprint density at radius 2 is 2.00 bits per heavy atom. The summed E-state index contributed by atoms with van der Waals surface area (Å²) in [4.78, 5) is 13.8. The molecule has 104 valence electrons. The largest absolute Gasteiger partial charge is 0.335 e. The predicted molar refractivity (Wildman–Crippen MR) is 70.2 cm³/mol. The number of halogens is 1. The molecule has 1 amide bonds. The summed E-state index contributed by atoms with van der Waals surface area (Å²) in [7, 11) is -3.03. The molecule has 19 heavy (non-hydrogen) atoms. The molecule has 1 saturated heterocycles. The second-order valence-corrected chi connectivity index (χ2v) is 6.88. The van der Waals surface area contributed by atoms with Gasteiger partial charge in [-0.05, 0) is 37.6 Å². The van der Waals surface area contributed by atoms with Gasteiger partial charge in [0.25, 0.3) is 5.91 Å². The number of carbonyl (C=O) groups is 1. The van der Waals surface area contributed by atoms with Crippen LogP contribution in [0.5, 0.6) is 0 Å². The third-order valence-electron chi connectivity index (χ3n) is 3.34. The molecule has 6 heteroatoms. The smallest absolute Gasteiger partial charge is 0.254 e. The van der Waals surface area contributed by atoms with Crippen LogP contribution < -0.4 is 0 Å². The monoisotopic (exact) mass is 285 g/mol. The minimum atomic E-state index is -3.03. The van der Waals surface area contributed by atoms with E-state index in [-0.39, 0.29) is 23.5 Å². The fourth-order valence-electron chi connectivity index (χ4n) is 2.35. The number of rotatable bonds is 3. The molecule has 0 N–H and O–H groups in total. The molecular formula is C13H16FNO3S. The van der Waals surface area contributed by atoms with E-state index >= 15 is 0 Å². The summed E-state index contributed by atoms with van der Waals surface area (Å²) in [6.45, 7) is 2.25. The fourth-order valence-corrected chi connectivity index (χ4v) is 4.08. The summed E-state index contributed by atoms with van der Waals surface area (Å²) >= 11 is 0. The van der Waals surface area contributed by atoms with Crippen molar-refractivity contribution in [1.82, 2.24) is 4.90 Å². The predicted octanol–water partition coefficient (Wildman–Crippen LogP) is 1.47. The van der Waals surface area contributed by atoms with Gasteiger partial charge in [0.1, 0.15) is 5.82 Å². The molecule has 1 fully saturated rings. The zero-order valence-electron chi connectivity index (χ0n) is 10.7.